The van der Waals surface area contributed by atoms with E-state index in [9.17, 15) is 8.78 Å². The Morgan fingerprint density at radius 3 is 2.40 bits per heavy atom. The molecule has 1 N–H and O–H groups in total. The zero-order valence-electron chi connectivity index (χ0n) is 11.2. The van der Waals surface area contributed by atoms with Crippen molar-refractivity contribution < 1.29 is 8.78 Å². The van der Waals surface area contributed by atoms with Crippen LogP contribution in [-0.4, -0.2) is 13.1 Å². The van der Waals surface area contributed by atoms with Gasteiger partial charge in [0, 0.05) is 12.5 Å². The molecule has 3 rings (SSSR count). The summed E-state index contributed by atoms with van der Waals surface area (Å²) in [4.78, 5) is 0. The standard InChI is InChI=1S/C17H17F2N/c18-13-7-5-12(6-8-13)16-11-20-10-9-14(16)15-3-1-2-4-17(15)19/h1-8,14,16,20H,9-11H2. The van der Waals surface area contributed by atoms with E-state index in [1.165, 1.54) is 18.2 Å². The van der Waals surface area contributed by atoms with E-state index in [0.717, 1.165) is 30.6 Å². The summed E-state index contributed by atoms with van der Waals surface area (Å²) in [7, 11) is 0. The van der Waals surface area contributed by atoms with E-state index in [4.69, 9.17) is 0 Å². The number of halogens is 2. The number of rotatable bonds is 2. The van der Waals surface area contributed by atoms with Gasteiger partial charge in [0.2, 0.25) is 0 Å². The van der Waals surface area contributed by atoms with Crippen molar-refractivity contribution in [2.75, 3.05) is 13.1 Å². The molecule has 1 saturated heterocycles. The van der Waals surface area contributed by atoms with Crippen LogP contribution in [0.15, 0.2) is 48.5 Å². The molecule has 2 aromatic rings. The van der Waals surface area contributed by atoms with Gasteiger partial charge in [0.05, 0.1) is 0 Å². The van der Waals surface area contributed by atoms with Gasteiger partial charge >= 0.3 is 0 Å². The Balaban J connectivity index is 1.95. The minimum absolute atomic E-state index is 0.142. The lowest BCUT2D eigenvalue weighted by atomic mass is 9.77. The third-order valence-electron chi connectivity index (χ3n) is 4.08. The van der Waals surface area contributed by atoms with E-state index >= 15 is 0 Å². The van der Waals surface area contributed by atoms with E-state index < -0.39 is 0 Å². The fourth-order valence-electron chi connectivity index (χ4n) is 3.07. The average Bonchev–Trinajstić information content (AvgIpc) is 2.49. The summed E-state index contributed by atoms with van der Waals surface area (Å²) in [5.74, 6) is -0.0596. The van der Waals surface area contributed by atoms with Crippen molar-refractivity contribution >= 4 is 0 Å². The Labute approximate surface area is 117 Å². The molecular formula is C17H17F2N. The molecule has 3 heteroatoms. The fraction of sp³-hybridized carbons (Fsp3) is 0.294. The largest absolute Gasteiger partial charge is 0.316 e. The van der Waals surface area contributed by atoms with Crippen LogP contribution in [0.2, 0.25) is 0 Å². The van der Waals surface area contributed by atoms with Gasteiger partial charge in [-0.2, -0.15) is 0 Å². The second-order valence-corrected chi connectivity index (χ2v) is 5.28. The smallest absolute Gasteiger partial charge is 0.126 e. The number of piperidine rings is 1. The van der Waals surface area contributed by atoms with Crippen molar-refractivity contribution in [2.24, 2.45) is 0 Å². The lowest BCUT2D eigenvalue weighted by molar-refractivity contribution is 0.393. The Morgan fingerprint density at radius 2 is 1.65 bits per heavy atom. The van der Waals surface area contributed by atoms with Crippen LogP contribution in [0.25, 0.3) is 0 Å². The van der Waals surface area contributed by atoms with Gasteiger partial charge in [0.1, 0.15) is 11.6 Å². The van der Waals surface area contributed by atoms with Crippen LogP contribution in [0.5, 0.6) is 0 Å². The molecule has 2 atom stereocenters. The van der Waals surface area contributed by atoms with Gasteiger partial charge < -0.3 is 5.32 Å². The lowest BCUT2D eigenvalue weighted by Gasteiger charge is -2.33. The molecule has 0 bridgehead atoms. The predicted octanol–water partition coefficient (Wildman–Crippen LogP) is 3.83. The zero-order chi connectivity index (χ0) is 13.9. The molecule has 1 nitrogen and oxygen atoms in total. The third-order valence-corrected chi connectivity index (χ3v) is 4.08. The van der Waals surface area contributed by atoms with Crippen LogP contribution in [-0.2, 0) is 0 Å². The van der Waals surface area contributed by atoms with Crippen molar-refractivity contribution in [3.63, 3.8) is 0 Å². The summed E-state index contributed by atoms with van der Waals surface area (Å²) in [5.41, 5.74) is 1.83. The summed E-state index contributed by atoms with van der Waals surface area (Å²) in [6, 6.07) is 13.5. The highest BCUT2D eigenvalue weighted by Crippen LogP contribution is 2.38. The Kier molecular flexibility index (Phi) is 3.79. The van der Waals surface area contributed by atoms with Crippen LogP contribution in [0.4, 0.5) is 8.78 Å². The molecule has 1 aliphatic rings. The van der Waals surface area contributed by atoms with Crippen molar-refractivity contribution in [1.29, 1.82) is 0 Å². The maximum absolute atomic E-state index is 14.0. The third kappa shape index (κ3) is 2.59. The second kappa shape index (κ2) is 5.71. The minimum atomic E-state index is -0.236. The van der Waals surface area contributed by atoms with Crippen molar-refractivity contribution in [2.45, 2.75) is 18.3 Å². The summed E-state index contributed by atoms with van der Waals surface area (Å²) < 4.78 is 27.1. The lowest BCUT2D eigenvalue weighted by Crippen LogP contribution is -2.34. The van der Waals surface area contributed by atoms with Crippen LogP contribution in [0.3, 0.4) is 0 Å². The number of hydrogen-bond donors (Lipinski definition) is 1. The first-order chi connectivity index (χ1) is 9.75. The summed E-state index contributed by atoms with van der Waals surface area (Å²) in [5, 5.41) is 3.35. The van der Waals surface area contributed by atoms with Gasteiger partial charge in [0.25, 0.3) is 0 Å². The maximum Gasteiger partial charge on any atom is 0.126 e. The first-order valence-corrected chi connectivity index (χ1v) is 6.96. The van der Waals surface area contributed by atoms with E-state index in [1.54, 1.807) is 18.2 Å². The fourth-order valence-corrected chi connectivity index (χ4v) is 3.07. The van der Waals surface area contributed by atoms with E-state index in [2.05, 4.69) is 5.32 Å². The van der Waals surface area contributed by atoms with E-state index in [0.29, 0.717) is 0 Å². The van der Waals surface area contributed by atoms with Crippen LogP contribution in [0.1, 0.15) is 29.4 Å². The van der Waals surface area contributed by atoms with Crippen molar-refractivity contribution in [1.82, 2.24) is 5.32 Å². The molecule has 0 radical (unpaired) electrons. The average molecular weight is 273 g/mol. The zero-order valence-corrected chi connectivity index (χ0v) is 11.2. The van der Waals surface area contributed by atoms with Gasteiger partial charge in [-0.25, -0.2) is 8.78 Å². The normalized spacial score (nSPS) is 22.7. The molecule has 1 fully saturated rings. The van der Waals surface area contributed by atoms with E-state index in [1.807, 2.05) is 12.1 Å². The SMILES string of the molecule is Fc1ccc(C2CNCCC2c2ccccc2F)cc1. The van der Waals surface area contributed by atoms with Crippen LogP contribution >= 0.6 is 0 Å². The Hall–Kier alpha value is -1.74. The molecule has 1 aliphatic heterocycles. The van der Waals surface area contributed by atoms with Gasteiger partial charge in [-0.1, -0.05) is 30.3 Å². The highest BCUT2D eigenvalue weighted by molar-refractivity contribution is 5.31. The molecule has 0 saturated carbocycles. The highest BCUT2D eigenvalue weighted by atomic mass is 19.1. The minimum Gasteiger partial charge on any atom is -0.316 e. The van der Waals surface area contributed by atoms with Gasteiger partial charge in [-0.3, -0.25) is 0 Å². The first kappa shape index (κ1) is 13.3. The van der Waals surface area contributed by atoms with Crippen molar-refractivity contribution in [3.8, 4) is 0 Å². The van der Waals surface area contributed by atoms with Crippen LogP contribution in [0, 0.1) is 11.6 Å². The molecule has 0 spiro atoms. The second-order valence-electron chi connectivity index (χ2n) is 5.28. The Bertz CT molecular complexity index is 580. The molecule has 0 aromatic heterocycles. The van der Waals surface area contributed by atoms with Gasteiger partial charge in [-0.15, -0.1) is 0 Å². The van der Waals surface area contributed by atoms with E-state index in [-0.39, 0.29) is 23.5 Å². The molecule has 0 aliphatic carbocycles. The molecular weight excluding hydrogens is 256 g/mol. The van der Waals surface area contributed by atoms with Crippen molar-refractivity contribution in [3.05, 3.63) is 71.3 Å². The monoisotopic (exact) mass is 273 g/mol. The van der Waals surface area contributed by atoms with Crippen LogP contribution < -0.4 is 5.32 Å². The summed E-state index contributed by atoms with van der Waals surface area (Å²) >= 11 is 0. The molecule has 104 valence electrons. The summed E-state index contributed by atoms with van der Waals surface area (Å²) in [6.45, 7) is 1.68. The number of nitrogens with one attached hydrogen (secondary N) is 1. The maximum atomic E-state index is 14.0. The number of hydrogen-bond acceptors (Lipinski definition) is 1. The highest BCUT2D eigenvalue weighted by Gasteiger charge is 2.29. The Morgan fingerprint density at radius 1 is 0.900 bits per heavy atom. The molecule has 2 aromatic carbocycles. The number of benzene rings is 2. The van der Waals surface area contributed by atoms with Gasteiger partial charge in [-0.05, 0) is 48.2 Å². The molecule has 20 heavy (non-hydrogen) atoms. The first-order valence-electron chi connectivity index (χ1n) is 6.96. The topological polar surface area (TPSA) is 12.0 Å². The van der Waals surface area contributed by atoms with Gasteiger partial charge in [0.15, 0.2) is 0 Å². The summed E-state index contributed by atoms with van der Waals surface area (Å²) in [6.07, 6.45) is 0.892. The quantitative estimate of drug-likeness (QED) is 0.877. The molecule has 0 amide bonds. The molecule has 1 heterocycles. The molecule has 2 unspecified atom stereocenters. The predicted molar refractivity (Wildman–Crippen MR) is 75.8 cm³/mol.